The molecule has 1 saturated carbocycles. The van der Waals surface area contributed by atoms with E-state index in [0.29, 0.717) is 18.3 Å². The molecular weight excluding hydrogens is 278 g/mol. The van der Waals surface area contributed by atoms with Crippen LogP contribution < -0.4 is 9.44 Å². The second-order valence-corrected chi connectivity index (χ2v) is 7.23. The quantitative estimate of drug-likeness (QED) is 0.868. The van der Waals surface area contributed by atoms with E-state index in [1.54, 1.807) is 12.4 Å². The van der Waals surface area contributed by atoms with Crippen LogP contribution in [0.15, 0.2) is 12.4 Å². The van der Waals surface area contributed by atoms with Gasteiger partial charge in [0.1, 0.15) is 0 Å². The number of nitrogens with two attached hydrogens (primary N) is 1. The second kappa shape index (κ2) is 5.01. The molecule has 8 heteroatoms. The van der Waals surface area contributed by atoms with Gasteiger partial charge in [0.2, 0.25) is 0 Å². The Morgan fingerprint density at radius 3 is 2.75 bits per heavy atom. The summed E-state index contributed by atoms with van der Waals surface area (Å²) in [6.07, 6.45) is 7.44. The zero-order valence-electron chi connectivity index (χ0n) is 11.6. The van der Waals surface area contributed by atoms with Crippen molar-refractivity contribution in [3.05, 3.63) is 12.4 Å². The molecule has 0 radical (unpaired) electrons. The lowest BCUT2D eigenvalue weighted by atomic mass is 10.1. The van der Waals surface area contributed by atoms with Crippen molar-refractivity contribution in [3.8, 4) is 0 Å². The number of piperidine rings is 1. The summed E-state index contributed by atoms with van der Waals surface area (Å²) < 4.78 is 27.2. The highest BCUT2D eigenvalue weighted by molar-refractivity contribution is 7.90. The molecule has 1 aromatic rings. The van der Waals surface area contributed by atoms with Crippen LogP contribution in [0.25, 0.3) is 0 Å². The summed E-state index contributed by atoms with van der Waals surface area (Å²) in [6, 6.07) is 0.320. The molecule has 0 amide bonds. The number of likely N-dealkylation sites (N-methyl/N-ethyl adjacent to an activating group) is 1. The van der Waals surface area contributed by atoms with Crippen LogP contribution in [0, 0.1) is 0 Å². The Kier molecular flexibility index (Phi) is 3.47. The fourth-order valence-corrected chi connectivity index (χ4v) is 3.85. The highest BCUT2D eigenvalue weighted by Gasteiger charge is 2.32. The lowest BCUT2D eigenvalue weighted by Gasteiger charge is -2.36. The van der Waals surface area contributed by atoms with Crippen molar-refractivity contribution in [2.24, 2.45) is 5.14 Å². The standard InChI is InChI=1S/C12H21N5O2S/c1-15-6-2-3-11(8-15)17(20(13,18)19)12-7-14-16(9-12)10-4-5-10/h7,9-11H,2-6,8H2,1H3,(H2,13,18,19)/t11-/m0/s1. The number of rotatable bonds is 4. The average molecular weight is 299 g/mol. The Hall–Kier alpha value is -1.12. The molecule has 0 aromatic carbocycles. The van der Waals surface area contributed by atoms with E-state index in [1.165, 1.54) is 4.31 Å². The van der Waals surface area contributed by atoms with Gasteiger partial charge >= 0.3 is 0 Å². The van der Waals surface area contributed by atoms with Gasteiger partial charge < -0.3 is 4.90 Å². The molecule has 1 atom stereocenters. The maximum absolute atomic E-state index is 12.0. The topological polar surface area (TPSA) is 84.5 Å². The van der Waals surface area contributed by atoms with Gasteiger partial charge in [0.25, 0.3) is 10.2 Å². The molecule has 0 bridgehead atoms. The van der Waals surface area contributed by atoms with Crippen molar-refractivity contribution >= 4 is 15.9 Å². The van der Waals surface area contributed by atoms with E-state index < -0.39 is 10.2 Å². The Balaban J connectivity index is 1.88. The Labute approximate surface area is 119 Å². The second-order valence-electron chi connectivity index (χ2n) is 5.81. The summed E-state index contributed by atoms with van der Waals surface area (Å²) in [5.41, 5.74) is 0.583. The fourth-order valence-electron chi connectivity index (χ4n) is 2.88. The summed E-state index contributed by atoms with van der Waals surface area (Å²) in [5.74, 6) is 0. The highest BCUT2D eigenvalue weighted by Crippen LogP contribution is 2.35. The smallest absolute Gasteiger partial charge is 0.299 e. The maximum Gasteiger partial charge on any atom is 0.299 e. The predicted octanol–water partition coefficient (Wildman–Crippen LogP) is 0.322. The van der Waals surface area contributed by atoms with E-state index >= 15 is 0 Å². The molecular formula is C12H21N5O2S. The molecule has 2 heterocycles. The van der Waals surface area contributed by atoms with Gasteiger partial charge in [-0.2, -0.15) is 13.5 Å². The zero-order valence-corrected chi connectivity index (χ0v) is 12.5. The lowest BCUT2D eigenvalue weighted by Crippen LogP contribution is -2.51. The van der Waals surface area contributed by atoms with Gasteiger partial charge in [-0.15, -0.1) is 0 Å². The van der Waals surface area contributed by atoms with E-state index in [2.05, 4.69) is 10.00 Å². The number of likely N-dealkylation sites (tertiary alicyclic amines) is 1. The first-order chi connectivity index (χ1) is 9.45. The van der Waals surface area contributed by atoms with Crippen LogP contribution in [0.4, 0.5) is 5.69 Å². The molecule has 1 aliphatic carbocycles. The fraction of sp³-hybridized carbons (Fsp3) is 0.750. The average Bonchev–Trinajstić information content (AvgIpc) is 3.09. The minimum Gasteiger partial charge on any atom is -0.304 e. The predicted molar refractivity (Wildman–Crippen MR) is 76.6 cm³/mol. The minimum absolute atomic E-state index is 0.111. The molecule has 3 rings (SSSR count). The van der Waals surface area contributed by atoms with Gasteiger partial charge in [0.15, 0.2) is 0 Å². The molecule has 0 unspecified atom stereocenters. The van der Waals surface area contributed by atoms with Gasteiger partial charge in [-0.1, -0.05) is 0 Å². The van der Waals surface area contributed by atoms with Crippen molar-refractivity contribution in [1.82, 2.24) is 14.7 Å². The van der Waals surface area contributed by atoms with Crippen molar-refractivity contribution in [3.63, 3.8) is 0 Å². The summed E-state index contributed by atoms with van der Waals surface area (Å²) in [5, 5.41) is 9.70. The van der Waals surface area contributed by atoms with Crippen LogP contribution in [0.3, 0.4) is 0 Å². The molecule has 2 fully saturated rings. The Bertz CT molecular complexity index is 580. The van der Waals surface area contributed by atoms with Gasteiger partial charge in [0.05, 0.1) is 24.0 Å². The maximum atomic E-state index is 12.0. The molecule has 1 saturated heterocycles. The van der Waals surface area contributed by atoms with Crippen molar-refractivity contribution in [2.45, 2.75) is 37.8 Å². The molecule has 112 valence electrons. The van der Waals surface area contributed by atoms with Crippen LogP contribution in [-0.2, 0) is 10.2 Å². The molecule has 0 spiro atoms. The van der Waals surface area contributed by atoms with Crippen LogP contribution in [0.5, 0.6) is 0 Å². The SMILES string of the molecule is CN1CCC[C@H](N(c2cnn(C3CC3)c2)S(N)(=O)=O)C1. The third kappa shape index (κ3) is 2.82. The molecule has 1 aromatic heterocycles. The molecule has 20 heavy (non-hydrogen) atoms. The summed E-state index contributed by atoms with van der Waals surface area (Å²) >= 11 is 0. The third-order valence-electron chi connectivity index (χ3n) is 3.97. The van der Waals surface area contributed by atoms with E-state index in [9.17, 15) is 8.42 Å². The Morgan fingerprint density at radius 2 is 2.15 bits per heavy atom. The van der Waals surface area contributed by atoms with Crippen molar-refractivity contribution in [2.75, 3.05) is 24.4 Å². The van der Waals surface area contributed by atoms with Gasteiger partial charge in [-0.25, -0.2) is 5.14 Å². The van der Waals surface area contributed by atoms with Gasteiger partial charge in [0, 0.05) is 12.7 Å². The van der Waals surface area contributed by atoms with Gasteiger partial charge in [-0.05, 0) is 39.3 Å². The van der Waals surface area contributed by atoms with Crippen LogP contribution in [0.1, 0.15) is 31.7 Å². The molecule has 7 nitrogen and oxygen atoms in total. The largest absolute Gasteiger partial charge is 0.304 e. The Morgan fingerprint density at radius 1 is 1.40 bits per heavy atom. The number of nitrogens with zero attached hydrogens (tertiary/aromatic N) is 4. The van der Waals surface area contributed by atoms with E-state index in [1.807, 2.05) is 11.7 Å². The van der Waals surface area contributed by atoms with Crippen molar-refractivity contribution in [1.29, 1.82) is 0 Å². The summed E-state index contributed by atoms with van der Waals surface area (Å²) in [7, 11) is -1.78. The summed E-state index contributed by atoms with van der Waals surface area (Å²) in [6.45, 7) is 1.70. The number of hydrogen-bond acceptors (Lipinski definition) is 4. The minimum atomic E-state index is -3.78. The van der Waals surface area contributed by atoms with Crippen LogP contribution in [-0.4, -0.2) is 49.3 Å². The highest BCUT2D eigenvalue weighted by atomic mass is 32.2. The van der Waals surface area contributed by atoms with E-state index in [-0.39, 0.29) is 6.04 Å². The van der Waals surface area contributed by atoms with Crippen LogP contribution >= 0.6 is 0 Å². The van der Waals surface area contributed by atoms with Crippen molar-refractivity contribution < 1.29 is 8.42 Å². The molecule has 2 N–H and O–H groups in total. The van der Waals surface area contributed by atoms with Gasteiger partial charge in [-0.3, -0.25) is 8.99 Å². The van der Waals surface area contributed by atoms with Crippen LogP contribution in [0.2, 0.25) is 0 Å². The lowest BCUT2D eigenvalue weighted by molar-refractivity contribution is 0.253. The first-order valence-corrected chi connectivity index (χ1v) is 8.50. The zero-order chi connectivity index (χ0) is 14.3. The monoisotopic (exact) mass is 299 g/mol. The van der Waals surface area contributed by atoms with E-state index in [4.69, 9.17) is 5.14 Å². The first kappa shape index (κ1) is 13.8. The molecule has 2 aliphatic rings. The normalized spacial score (nSPS) is 24.8. The molecule has 1 aliphatic heterocycles. The number of aromatic nitrogens is 2. The number of hydrogen-bond donors (Lipinski definition) is 1. The first-order valence-electron chi connectivity index (χ1n) is 7.00. The third-order valence-corrected chi connectivity index (χ3v) is 5.03. The number of anilines is 1. The summed E-state index contributed by atoms with van der Waals surface area (Å²) in [4.78, 5) is 2.14. The van der Waals surface area contributed by atoms with E-state index in [0.717, 1.165) is 32.2 Å².